The Morgan fingerprint density at radius 1 is 0.976 bits per heavy atom. The minimum atomic E-state index is -0.388. The molecular weight excluding hydrogens is 514 g/mol. The monoisotopic (exact) mass is 551 g/mol. The van der Waals surface area contributed by atoms with Crippen LogP contribution in [0.3, 0.4) is 0 Å². The fourth-order valence-electron chi connectivity index (χ4n) is 4.09. The number of methoxy groups -OCH3 is 1. The maximum atomic E-state index is 13.0. The van der Waals surface area contributed by atoms with E-state index < -0.39 is 0 Å². The van der Waals surface area contributed by atoms with Crippen LogP contribution in [0, 0.1) is 0 Å². The van der Waals surface area contributed by atoms with Gasteiger partial charge in [-0.2, -0.15) is 0 Å². The summed E-state index contributed by atoms with van der Waals surface area (Å²) in [4.78, 5) is 32.8. The third-order valence-electron chi connectivity index (χ3n) is 6.20. The highest BCUT2D eigenvalue weighted by Crippen LogP contribution is 2.29. The number of anilines is 2. The van der Waals surface area contributed by atoms with Crippen LogP contribution < -0.4 is 4.90 Å². The van der Waals surface area contributed by atoms with Crippen molar-refractivity contribution in [3.63, 3.8) is 0 Å². The zero-order chi connectivity index (χ0) is 29.6. The van der Waals surface area contributed by atoms with E-state index in [-0.39, 0.29) is 23.7 Å². The van der Waals surface area contributed by atoms with Crippen molar-refractivity contribution in [2.75, 3.05) is 25.7 Å². The first-order valence-corrected chi connectivity index (χ1v) is 13.4. The predicted octanol–water partition coefficient (Wildman–Crippen LogP) is 7.33. The molecule has 7 nitrogen and oxygen atoms in total. The molecular formula is C34H37N3O4. The number of carbonyl (C=O) groups excluding carboxylic acids is 2. The molecule has 1 amide bonds. The van der Waals surface area contributed by atoms with E-state index in [4.69, 9.17) is 9.47 Å². The highest BCUT2D eigenvalue weighted by molar-refractivity contribution is 6.01. The van der Waals surface area contributed by atoms with E-state index in [1.54, 1.807) is 50.4 Å². The number of likely N-dealkylation sites (N-methyl/N-ethyl adjacent to an activating group) is 1. The molecule has 41 heavy (non-hydrogen) atoms. The van der Waals surface area contributed by atoms with Crippen molar-refractivity contribution >= 4 is 41.4 Å². The molecule has 7 heteroatoms. The molecule has 0 saturated carbocycles. The van der Waals surface area contributed by atoms with Crippen molar-refractivity contribution in [1.29, 1.82) is 0 Å². The number of esters is 1. The summed E-state index contributed by atoms with van der Waals surface area (Å²) in [5.74, 6) is -0.564. The molecule has 0 heterocycles. The molecule has 0 spiro atoms. The summed E-state index contributed by atoms with van der Waals surface area (Å²) >= 11 is 0. The molecule has 0 radical (unpaired) electrons. The first-order chi connectivity index (χ1) is 19.9. The van der Waals surface area contributed by atoms with Crippen LogP contribution in [0.5, 0.6) is 0 Å². The Bertz CT molecular complexity index is 1380. The Morgan fingerprint density at radius 3 is 2.24 bits per heavy atom. The number of ether oxygens (including phenoxy) is 2. The van der Waals surface area contributed by atoms with Crippen LogP contribution in [-0.4, -0.2) is 49.9 Å². The average molecular weight is 552 g/mol. The SMILES string of the molecule is C=C/C=C\CC(C)N(c1ccccc1)c1ccc(/C=C(/OC)C(=O)N(C)C=Nc2ccc(C(=O)OCC)cc2)cc1. The van der Waals surface area contributed by atoms with E-state index in [2.05, 4.69) is 41.6 Å². The average Bonchev–Trinajstić information content (AvgIpc) is 3.00. The number of aliphatic imine (C=N–C) groups is 1. The van der Waals surface area contributed by atoms with Crippen molar-refractivity contribution in [2.24, 2.45) is 4.99 Å². The topological polar surface area (TPSA) is 71.4 Å². The van der Waals surface area contributed by atoms with Gasteiger partial charge in [-0.05, 0) is 80.4 Å². The number of para-hydroxylation sites is 1. The number of nitrogens with zero attached hydrogens (tertiary/aromatic N) is 3. The van der Waals surface area contributed by atoms with Crippen molar-refractivity contribution in [1.82, 2.24) is 4.90 Å². The third-order valence-corrected chi connectivity index (χ3v) is 6.20. The van der Waals surface area contributed by atoms with Crippen LogP contribution in [-0.2, 0) is 14.3 Å². The number of rotatable bonds is 13. The zero-order valence-electron chi connectivity index (χ0n) is 24.1. The van der Waals surface area contributed by atoms with Gasteiger partial charge in [0.25, 0.3) is 5.91 Å². The fraction of sp³-hybridized carbons (Fsp3) is 0.206. The third kappa shape index (κ3) is 8.80. The Kier molecular flexibility index (Phi) is 11.7. The molecule has 0 saturated heterocycles. The number of benzene rings is 3. The Hall–Kier alpha value is -4.91. The fourth-order valence-corrected chi connectivity index (χ4v) is 4.09. The first kappa shape index (κ1) is 30.6. The highest BCUT2D eigenvalue weighted by Gasteiger charge is 2.17. The largest absolute Gasteiger partial charge is 0.491 e. The van der Waals surface area contributed by atoms with Crippen LogP contribution in [0.1, 0.15) is 36.2 Å². The summed E-state index contributed by atoms with van der Waals surface area (Å²) in [6, 6.07) is 25.1. The van der Waals surface area contributed by atoms with Crippen LogP contribution in [0.15, 0.2) is 114 Å². The van der Waals surface area contributed by atoms with Gasteiger partial charge >= 0.3 is 5.97 Å². The molecule has 0 aliphatic heterocycles. The lowest BCUT2D eigenvalue weighted by atomic mass is 10.1. The molecule has 212 valence electrons. The van der Waals surface area contributed by atoms with Gasteiger partial charge in [0.1, 0.15) is 0 Å². The van der Waals surface area contributed by atoms with Gasteiger partial charge in [-0.15, -0.1) is 0 Å². The van der Waals surface area contributed by atoms with Crippen molar-refractivity contribution in [3.8, 4) is 0 Å². The van der Waals surface area contributed by atoms with Gasteiger partial charge in [0.15, 0.2) is 5.76 Å². The van der Waals surface area contributed by atoms with Gasteiger partial charge in [0.2, 0.25) is 0 Å². The maximum absolute atomic E-state index is 13.0. The maximum Gasteiger partial charge on any atom is 0.338 e. The second-order valence-electron chi connectivity index (χ2n) is 9.19. The van der Waals surface area contributed by atoms with Gasteiger partial charge in [0, 0.05) is 24.5 Å². The second-order valence-corrected chi connectivity index (χ2v) is 9.19. The molecule has 0 N–H and O–H groups in total. The molecule has 3 aromatic rings. The lowest BCUT2D eigenvalue weighted by Crippen LogP contribution is -2.28. The van der Waals surface area contributed by atoms with E-state index in [1.165, 1.54) is 18.3 Å². The number of amides is 1. The van der Waals surface area contributed by atoms with Crippen LogP contribution in [0.2, 0.25) is 0 Å². The van der Waals surface area contributed by atoms with E-state index in [9.17, 15) is 9.59 Å². The molecule has 3 aromatic carbocycles. The number of hydrogen-bond acceptors (Lipinski definition) is 6. The lowest BCUT2D eigenvalue weighted by Gasteiger charge is -2.31. The quantitative estimate of drug-likeness (QED) is 0.0556. The molecule has 0 aliphatic carbocycles. The van der Waals surface area contributed by atoms with Crippen LogP contribution in [0.25, 0.3) is 6.08 Å². The van der Waals surface area contributed by atoms with Gasteiger partial charge in [-0.3, -0.25) is 9.69 Å². The highest BCUT2D eigenvalue weighted by atomic mass is 16.5. The van der Waals surface area contributed by atoms with E-state index in [0.29, 0.717) is 17.9 Å². The van der Waals surface area contributed by atoms with Crippen LogP contribution in [0.4, 0.5) is 17.1 Å². The summed E-state index contributed by atoms with van der Waals surface area (Å²) in [6.45, 7) is 8.01. The van der Waals surface area contributed by atoms with Crippen molar-refractivity contribution in [2.45, 2.75) is 26.3 Å². The Balaban J connectivity index is 1.74. The minimum absolute atomic E-state index is 0.173. The smallest absolute Gasteiger partial charge is 0.338 e. The lowest BCUT2D eigenvalue weighted by molar-refractivity contribution is -0.125. The Labute approximate surface area is 242 Å². The summed E-state index contributed by atoms with van der Waals surface area (Å²) in [5.41, 5.74) is 3.99. The second kappa shape index (κ2) is 15.6. The van der Waals surface area contributed by atoms with E-state index in [0.717, 1.165) is 23.4 Å². The standard InChI is InChI=1S/C34H37N3O4/c1-6-8-10-13-26(3)37(30-14-11-9-12-15-30)31-22-16-27(17-23-31)24-32(40-5)33(38)36(4)25-35-29-20-18-28(19-21-29)34(39)41-7-2/h6,8-12,14-26H,1,7,13H2,2-5H3/b10-8-,32-24+,35-25?. The van der Waals surface area contributed by atoms with Crippen LogP contribution >= 0.6 is 0 Å². The van der Waals surface area contributed by atoms with Gasteiger partial charge < -0.3 is 14.4 Å². The van der Waals surface area contributed by atoms with E-state index in [1.807, 2.05) is 48.5 Å². The van der Waals surface area contributed by atoms with E-state index >= 15 is 0 Å². The Morgan fingerprint density at radius 2 is 1.63 bits per heavy atom. The molecule has 0 bridgehead atoms. The zero-order valence-corrected chi connectivity index (χ0v) is 24.1. The summed E-state index contributed by atoms with van der Waals surface area (Å²) < 4.78 is 10.4. The molecule has 1 unspecified atom stereocenters. The first-order valence-electron chi connectivity index (χ1n) is 13.4. The number of allylic oxidation sites excluding steroid dienone is 2. The summed E-state index contributed by atoms with van der Waals surface area (Å²) in [5, 5.41) is 0. The minimum Gasteiger partial charge on any atom is -0.491 e. The molecule has 0 fully saturated rings. The van der Waals surface area contributed by atoms with Crippen molar-refractivity contribution in [3.05, 3.63) is 121 Å². The normalized spacial score (nSPS) is 12.2. The van der Waals surface area contributed by atoms with Gasteiger partial charge in [-0.1, -0.05) is 55.1 Å². The number of hydrogen-bond donors (Lipinski definition) is 0. The van der Waals surface area contributed by atoms with Gasteiger partial charge in [-0.25, -0.2) is 9.79 Å². The number of carbonyl (C=O) groups is 2. The summed E-state index contributed by atoms with van der Waals surface area (Å²) in [6.07, 6.45) is 9.82. The molecule has 0 aromatic heterocycles. The molecule has 1 atom stereocenters. The predicted molar refractivity (Wildman–Crippen MR) is 167 cm³/mol. The van der Waals surface area contributed by atoms with Gasteiger partial charge in [0.05, 0.1) is 31.3 Å². The summed E-state index contributed by atoms with van der Waals surface area (Å²) in [7, 11) is 3.07. The van der Waals surface area contributed by atoms with Crippen molar-refractivity contribution < 1.29 is 19.1 Å². The molecule has 0 aliphatic rings. The molecule has 3 rings (SSSR count).